The molecule has 2 aliphatic heterocycles. The molecule has 4 nitrogen and oxygen atoms in total. The number of anilines is 1. The number of pyridine rings is 1. The maximum absolute atomic E-state index is 6.08. The van der Waals surface area contributed by atoms with Gasteiger partial charge in [0, 0.05) is 31.7 Å². The molecule has 3 heterocycles. The first-order chi connectivity index (χ1) is 9.19. The van der Waals surface area contributed by atoms with Crippen molar-refractivity contribution in [3.63, 3.8) is 0 Å². The molecule has 2 unspecified atom stereocenters. The van der Waals surface area contributed by atoms with Crippen molar-refractivity contribution in [1.29, 1.82) is 0 Å². The van der Waals surface area contributed by atoms with Gasteiger partial charge in [0.15, 0.2) is 0 Å². The van der Waals surface area contributed by atoms with Crippen LogP contribution in [-0.2, 0) is 6.54 Å². The maximum Gasteiger partial charge on any atom is 0.129 e. The molecular formula is C14H21ClN4. The van der Waals surface area contributed by atoms with Crippen molar-refractivity contribution >= 4 is 17.4 Å². The van der Waals surface area contributed by atoms with Gasteiger partial charge in [-0.15, -0.1) is 0 Å². The third kappa shape index (κ3) is 2.45. The fourth-order valence-corrected chi connectivity index (χ4v) is 3.49. The van der Waals surface area contributed by atoms with E-state index in [-0.39, 0.29) is 0 Å². The molecule has 2 saturated heterocycles. The van der Waals surface area contributed by atoms with Crippen molar-refractivity contribution in [3.8, 4) is 0 Å². The Bertz CT molecular complexity index is 465. The first-order valence-electron chi connectivity index (χ1n) is 7.01. The number of nitrogens with zero attached hydrogens (tertiary/aromatic N) is 3. The van der Waals surface area contributed by atoms with Gasteiger partial charge in [-0.1, -0.05) is 11.6 Å². The molecule has 2 N–H and O–H groups in total. The van der Waals surface area contributed by atoms with Gasteiger partial charge in [0.2, 0.25) is 0 Å². The van der Waals surface area contributed by atoms with E-state index in [1.54, 1.807) is 0 Å². The van der Waals surface area contributed by atoms with Crippen LogP contribution in [0.5, 0.6) is 0 Å². The van der Waals surface area contributed by atoms with Gasteiger partial charge >= 0.3 is 0 Å². The van der Waals surface area contributed by atoms with E-state index in [0.717, 1.165) is 30.6 Å². The van der Waals surface area contributed by atoms with Gasteiger partial charge in [-0.25, -0.2) is 4.98 Å². The molecule has 0 radical (unpaired) electrons. The van der Waals surface area contributed by atoms with Crippen LogP contribution < -0.4 is 10.6 Å². The fraction of sp³-hybridized carbons (Fsp3) is 0.643. The molecule has 19 heavy (non-hydrogen) atoms. The topological polar surface area (TPSA) is 45.4 Å². The van der Waals surface area contributed by atoms with Crippen molar-refractivity contribution in [3.05, 3.63) is 22.8 Å². The van der Waals surface area contributed by atoms with Crippen LogP contribution in [0.15, 0.2) is 12.1 Å². The van der Waals surface area contributed by atoms with E-state index in [9.17, 15) is 0 Å². The number of nitrogens with two attached hydrogens (primary N) is 1. The number of hydrogen-bond acceptors (Lipinski definition) is 4. The van der Waals surface area contributed by atoms with Crippen molar-refractivity contribution < 1.29 is 0 Å². The lowest BCUT2D eigenvalue weighted by Gasteiger charge is -2.27. The molecule has 0 amide bonds. The average Bonchev–Trinajstić information content (AvgIpc) is 2.64. The summed E-state index contributed by atoms with van der Waals surface area (Å²) in [5.41, 5.74) is 6.48. The molecule has 0 spiro atoms. The standard InChI is InChI=1S/C14H21ClN4/c1-18-10-2-3-11(18)9-19(7-6-10)14-5-4-12(15)13(8-16)17-14/h4-5,10-11H,2-3,6-9,16H2,1H3. The maximum atomic E-state index is 6.08. The summed E-state index contributed by atoms with van der Waals surface area (Å²) >= 11 is 6.08. The second-order valence-corrected chi connectivity index (χ2v) is 5.99. The summed E-state index contributed by atoms with van der Waals surface area (Å²) in [6.45, 7) is 2.53. The quantitative estimate of drug-likeness (QED) is 0.898. The molecule has 0 aliphatic carbocycles. The lowest BCUT2D eigenvalue weighted by atomic mass is 10.1. The number of likely N-dealkylation sites (N-methyl/N-ethyl adjacent to an activating group) is 1. The van der Waals surface area contributed by atoms with E-state index in [2.05, 4.69) is 21.8 Å². The molecule has 1 aromatic heterocycles. The Morgan fingerprint density at radius 1 is 1.32 bits per heavy atom. The van der Waals surface area contributed by atoms with E-state index >= 15 is 0 Å². The molecule has 2 atom stereocenters. The Kier molecular flexibility index (Phi) is 3.65. The lowest BCUT2D eigenvalue weighted by Crippen LogP contribution is -2.37. The van der Waals surface area contributed by atoms with E-state index < -0.39 is 0 Å². The molecule has 2 fully saturated rings. The van der Waals surface area contributed by atoms with Crippen LogP contribution >= 0.6 is 11.6 Å². The van der Waals surface area contributed by atoms with Gasteiger partial charge in [-0.3, -0.25) is 4.90 Å². The van der Waals surface area contributed by atoms with Crippen LogP contribution in [0.25, 0.3) is 0 Å². The zero-order valence-corrected chi connectivity index (χ0v) is 12.1. The van der Waals surface area contributed by atoms with Gasteiger partial charge in [0.05, 0.1) is 10.7 Å². The second-order valence-electron chi connectivity index (χ2n) is 5.59. The normalized spacial score (nSPS) is 27.6. The molecule has 5 heteroatoms. The summed E-state index contributed by atoms with van der Waals surface area (Å²) in [4.78, 5) is 9.54. The highest BCUT2D eigenvalue weighted by atomic mass is 35.5. The first kappa shape index (κ1) is 13.2. The van der Waals surface area contributed by atoms with Gasteiger partial charge in [0.1, 0.15) is 5.82 Å². The molecule has 0 aromatic carbocycles. The lowest BCUT2D eigenvalue weighted by molar-refractivity contribution is 0.254. The van der Waals surface area contributed by atoms with Crippen LogP contribution in [0.2, 0.25) is 5.02 Å². The Labute approximate surface area is 119 Å². The van der Waals surface area contributed by atoms with Gasteiger partial charge < -0.3 is 10.6 Å². The molecule has 2 aliphatic rings. The summed E-state index contributed by atoms with van der Waals surface area (Å²) in [6, 6.07) is 5.34. The monoisotopic (exact) mass is 280 g/mol. The average molecular weight is 281 g/mol. The number of aromatic nitrogens is 1. The minimum absolute atomic E-state index is 0.395. The third-order valence-electron chi connectivity index (χ3n) is 4.57. The van der Waals surface area contributed by atoms with E-state index in [1.807, 2.05) is 12.1 Å². The Morgan fingerprint density at radius 3 is 2.89 bits per heavy atom. The van der Waals surface area contributed by atoms with Gasteiger partial charge in [-0.05, 0) is 38.4 Å². The Hall–Kier alpha value is -0.840. The molecular weight excluding hydrogens is 260 g/mol. The Morgan fingerprint density at radius 2 is 2.11 bits per heavy atom. The van der Waals surface area contributed by atoms with Crippen molar-refractivity contribution in [2.24, 2.45) is 5.73 Å². The Balaban J connectivity index is 1.82. The van der Waals surface area contributed by atoms with Crippen LogP contribution in [0.1, 0.15) is 25.0 Å². The molecule has 3 rings (SSSR count). The van der Waals surface area contributed by atoms with Crippen molar-refractivity contribution in [1.82, 2.24) is 9.88 Å². The smallest absolute Gasteiger partial charge is 0.129 e. The first-order valence-corrected chi connectivity index (χ1v) is 7.39. The predicted molar refractivity (Wildman–Crippen MR) is 78.5 cm³/mol. The molecule has 104 valence electrons. The molecule has 0 saturated carbocycles. The number of hydrogen-bond donors (Lipinski definition) is 1. The summed E-state index contributed by atoms with van der Waals surface area (Å²) in [6.07, 6.45) is 3.86. The molecule has 1 aromatic rings. The SMILES string of the molecule is CN1C2CCC1CN(c1ccc(Cl)c(CN)n1)CC2. The van der Waals surface area contributed by atoms with Gasteiger partial charge in [0.25, 0.3) is 0 Å². The van der Waals surface area contributed by atoms with Gasteiger partial charge in [-0.2, -0.15) is 0 Å². The van der Waals surface area contributed by atoms with E-state index in [1.165, 1.54) is 19.3 Å². The highest BCUT2D eigenvalue weighted by Crippen LogP contribution is 2.30. The van der Waals surface area contributed by atoms with Crippen LogP contribution in [0.3, 0.4) is 0 Å². The minimum atomic E-state index is 0.395. The number of fused-ring (bicyclic) bond motifs is 2. The van der Waals surface area contributed by atoms with Crippen LogP contribution in [0.4, 0.5) is 5.82 Å². The molecule has 2 bridgehead atoms. The summed E-state index contributed by atoms with van der Waals surface area (Å²) in [7, 11) is 2.26. The van der Waals surface area contributed by atoms with Crippen molar-refractivity contribution in [2.75, 3.05) is 25.0 Å². The van der Waals surface area contributed by atoms with E-state index in [0.29, 0.717) is 17.6 Å². The third-order valence-corrected chi connectivity index (χ3v) is 4.91. The summed E-state index contributed by atoms with van der Waals surface area (Å²) < 4.78 is 0. The highest BCUT2D eigenvalue weighted by Gasteiger charge is 2.34. The highest BCUT2D eigenvalue weighted by molar-refractivity contribution is 6.31. The largest absolute Gasteiger partial charge is 0.355 e. The van der Waals surface area contributed by atoms with E-state index in [4.69, 9.17) is 17.3 Å². The summed E-state index contributed by atoms with van der Waals surface area (Å²) in [5.74, 6) is 1.02. The fourth-order valence-electron chi connectivity index (χ4n) is 3.31. The van der Waals surface area contributed by atoms with Crippen LogP contribution in [0, 0.1) is 0 Å². The number of halogens is 1. The number of rotatable bonds is 2. The second kappa shape index (κ2) is 5.27. The van der Waals surface area contributed by atoms with Crippen molar-refractivity contribution in [2.45, 2.75) is 37.9 Å². The summed E-state index contributed by atoms with van der Waals surface area (Å²) in [5, 5.41) is 0.666. The predicted octanol–water partition coefficient (Wildman–Crippen LogP) is 1.87. The zero-order valence-electron chi connectivity index (χ0n) is 11.3. The minimum Gasteiger partial charge on any atom is -0.355 e. The van der Waals surface area contributed by atoms with Crippen LogP contribution in [-0.4, -0.2) is 42.1 Å². The zero-order chi connectivity index (χ0) is 13.4.